The molecule has 0 unspecified atom stereocenters. The van der Waals surface area contributed by atoms with E-state index in [4.69, 9.17) is 16.3 Å². The second-order valence-electron chi connectivity index (χ2n) is 2.17. The summed E-state index contributed by atoms with van der Waals surface area (Å²) in [5, 5.41) is 0.537. The van der Waals surface area contributed by atoms with Gasteiger partial charge in [-0.15, -0.1) is 0 Å². The molecule has 0 bridgehead atoms. The van der Waals surface area contributed by atoms with Crippen LogP contribution in [-0.2, 0) is 4.79 Å². The lowest BCUT2D eigenvalue weighted by Gasteiger charge is -2.03. The van der Waals surface area contributed by atoms with Crippen LogP contribution in [0, 0.1) is 0 Å². The standard InChI is InChI=1S/C8H6BrClO2/c1-5(11)12-8-4-6(10)2-3-7(8)9/h2-4H,1H3. The first-order chi connectivity index (χ1) is 5.59. The van der Waals surface area contributed by atoms with Crippen molar-refractivity contribution in [3.8, 4) is 5.75 Å². The molecule has 0 atom stereocenters. The smallest absolute Gasteiger partial charge is 0.308 e. The molecule has 1 aromatic carbocycles. The fourth-order valence-electron chi connectivity index (χ4n) is 0.710. The van der Waals surface area contributed by atoms with Gasteiger partial charge in [0.1, 0.15) is 5.75 Å². The molecule has 0 amide bonds. The summed E-state index contributed by atoms with van der Waals surface area (Å²) in [7, 11) is 0. The molecule has 0 heterocycles. The van der Waals surface area contributed by atoms with Gasteiger partial charge < -0.3 is 4.74 Å². The molecule has 64 valence electrons. The number of hydrogen-bond acceptors (Lipinski definition) is 2. The van der Waals surface area contributed by atoms with E-state index in [9.17, 15) is 4.79 Å². The molecule has 0 aliphatic carbocycles. The second-order valence-corrected chi connectivity index (χ2v) is 3.46. The molecular weight excluding hydrogens is 243 g/mol. The van der Waals surface area contributed by atoms with Gasteiger partial charge in [0, 0.05) is 18.0 Å². The molecular formula is C8H6BrClO2. The zero-order valence-electron chi connectivity index (χ0n) is 6.30. The fraction of sp³-hybridized carbons (Fsp3) is 0.125. The zero-order chi connectivity index (χ0) is 9.14. The highest BCUT2D eigenvalue weighted by molar-refractivity contribution is 9.10. The first-order valence-electron chi connectivity index (χ1n) is 3.23. The Morgan fingerprint density at radius 3 is 2.83 bits per heavy atom. The minimum Gasteiger partial charge on any atom is -0.425 e. The van der Waals surface area contributed by atoms with Crippen molar-refractivity contribution in [2.75, 3.05) is 0 Å². The van der Waals surface area contributed by atoms with Crippen LogP contribution in [0.15, 0.2) is 22.7 Å². The SMILES string of the molecule is CC(=O)Oc1cc(Cl)ccc1Br. The predicted molar refractivity (Wildman–Crippen MR) is 50.5 cm³/mol. The topological polar surface area (TPSA) is 26.3 Å². The molecule has 2 nitrogen and oxygen atoms in total. The lowest BCUT2D eigenvalue weighted by Crippen LogP contribution is -2.01. The maximum atomic E-state index is 10.6. The Morgan fingerprint density at radius 2 is 2.25 bits per heavy atom. The molecule has 0 aromatic heterocycles. The van der Waals surface area contributed by atoms with E-state index >= 15 is 0 Å². The predicted octanol–water partition coefficient (Wildman–Crippen LogP) is 3.03. The average Bonchev–Trinajstić information content (AvgIpc) is 1.96. The summed E-state index contributed by atoms with van der Waals surface area (Å²) in [6.45, 7) is 1.34. The largest absolute Gasteiger partial charge is 0.425 e. The van der Waals surface area contributed by atoms with Crippen LogP contribution in [0.1, 0.15) is 6.92 Å². The van der Waals surface area contributed by atoms with E-state index in [1.54, 1.807) is 18.2 Å². The normalized spacial score (nSPS) is 9.58. The first-order valence-corrected chi connectivity index (χ1v) is 4.40. The van der Waals surface area contributed by atoms with E-state index < -0.39 is 0 Å². The van der Waals surface area contributed by atoms with E-state index in [-0.39, 0.29) is 5.97 Å². The quantitative estimate of drug-likeness (QED) is 0.565. The number of carbonyl (C=O) groups excluding carboxylic acids is 1. The van der Waals surface area contributed by atoms with E-state index in [1.165, 1.54) is 6.92 Å². The lowest BCUT2D eigenvalue weighted by atomic mass is 10.3. The molecule has 12 heavy (non-hydrogen) atoms. The Hall–Kier alpha value is -0.540. The molecule has 0 fully saturated rings. The van der Waals surface area contributed by atoms with Crippen molar-refractivity contribution in [1.29, 1.82) is 0 Å². The molecule has 0 aliphatic heterocycles. The Balaban J connectivity index is 2.97. The van der Waals surface area contributed by atoms with Gasteiger partial charge in [0.25, 0.3) is 0 Å². The average molecular weight is 249 g/mol. The number of esters is 1. The second kappa shape index (κ2) is 3.92. The van der Waals surface area contributed by atoms with Crippen LogP contribution in [0.25, 0.3) is 0 Å². The summed E-state index contributed by atoms with van der Waals surface area (Å²) in [5.41, 5.74) is 0. The first kappa shape index (κ1) is 9.55. The van der Waals surface area contributed by atoms with Crippen molar-refractivity contribution in [3.05, 3.63) is 27.7 Å². The van der Waals surface area contributed by atoms with Crippen LogP contribution in [-0.4, -0.2) is 5.97 Å². The summed E-state index contributed by atoms with van der Waals surface area (Å²) in [5.74, 6) is 0.0768. The maximum Gasteiger partial charge on any atom is 0.308 e. The highest BCUT2D eigenvalue weighted by atomic mass is 79.9. The van der Waals surface area contributed by atoms with Crippen LogP contribution >= 0.6 is 27.5 Å². The number of carbonyl (C=O) groups is 1. The molecule has 1 rings (SSSR count). The van der Waals surface area contributed by atoms with Gasteiger partial charge in [-0.05, 0) is 28.1 Å². The van der Waals surface area contributed by atoms with E-state index in [1.807, 2.05) is 0 Å². The van der Waals surface area contributed by atoms with E-state index in [0.717, 1.165) is 0 Å². The van der Waals surface area contributed by atoms with Gasteiger partial charge >= 0.3 is 5.97 Å². The highest BCUT2D eigenvalue weighted by Gasteiger charge is 2.03. The molecule has 0 spiro atoms. The van der Waals surface area contributed by atoms with Crippen molar-refractivity contribution in [1.82, 2.24) is 0 Å². The number of halogens is 2. The highest BCUT2D eigenvalue weighted by Crippen LogP contribution is 2.27. The summed E-state index contributed by atoms with van der Waals surface area (Å²) < 4.78 is 5.57. The van der Waals surface area contributed by atoms with Gasteiger partial charge in [0.05, 0.1) is 4.47 Å². The Bertz CT molecular complexity index is 312. The maximum absolute atomic E-state index is 10.6. The van der Waals surface area contributed by atoms with Crippen LogP contribution in [0.5, 0.6) is 5.75 Å². The van der Waals surface area contributed by atoms with Crippen molar-refractivity contribution >= 4 is 33.5 Å². The van der Waals surface area contributed by atoms with Gasteiger partial charge in [-0.2, -0.15) is 0 Å². The Morgan fingerprint density at radius 1 is 1.58 bits per heavy atom. The van der Waals surface area contributed by atoms with Crippen molar-refractivity contribution in [2.24, 2.45) is 0 Å². The summed E-state index contributed by atoms with van der Waals surface area (Å²) in [4.78, 5) is 10.6. The molecule has 4 heteroatoms. The van der Waals surface area contributed by atoms with Gasteiger partial charge in [0.2, 0.25) is 0 Å². The minimum atomic E-state index is -0.363. The molecule has 0 saturated heterocycles. The molecule has 1 aromatic rings. The number of ether oxygens (including phenoxy) is 1. The third-order valence-corrected chi connectivity index (χ3v) is 2.04. The summed E-state index contributed by atoms with van der Waals surface area (Å²) >= 11 is 8.91. The van der Waals surface area contributed by atoms with E-state index in [0.29, 0.717) is 15.2 Å². The number of rotatable bonds is 1. The third-order valence-electron chi connectivity index (χ3n) is 1.15. The van der Waals surface area contributed by atoms with Crippen LogP contribution in [0.2, 0.25) is 5.02 Å². The lowest BCUT2D eigenvalue weighted by molar-refractivity contribution is -0.131. The van der Waals surface area contributed by atoms with Gasteiger partial charge in [-0.1, -0.05) is 11.6 Å². The zero-order valence-corrected chi connectivity index (χ0v) is 8.65. The van der Waals surface area contributed by atoms with E-state index in [2.05, 4.69) is 15.9 Å². The summed E-state index contributed by atoms with van der Waals surface area (Å²) in [6, 6.07) is 5.01. The van der Waals surface area contributed by atoms with Crippen molar-refractivity contribution in [2.45, 2.75) is 6.92 Å². The van der Waals surface area contributed by atoms with Crippen molar-refractivity contribution in [3.63, 3.8) is 0 Å². The Kier molecular flexibility index (Phi) is 3.12. The van der Waals surface area contributed by atoms with Gasteiger partial charge in [-0.25, -0.2) is 0 Å². The third kappa shape index (κ3) is 2.50. The molecule has 0 aliphatic rings. The molecule has 0 radical (unpaired) electrons. The van der Waals surface area contributed by atoms with Crippen LogP contribution < -0.4 is 4.74 Å². The van der Waals surface area contributed by atoms with Gasteiger partial charge in [0.15, 0.2) is 0 Å². The van der Waals surface area contributed by atoms with Crippen molar-refractivity contribution < 1.29 is 9.53 Å². The summed E-state index contributed by atoms with van der Waals surface area (Å²) in [6.07, 6.45) is 0. The van der Waals surface area contributed by atoms with Gasteiger partial charge in [-0.3, -0.25) is 4.79 Å². The molecule has 0 N–H and O–H groups in total. The fourth-order valence-corrected chi connectivity index (χ4v) is 1.20. The number of benzene rings is 1. The minimum absolute atomic E-state index is 0.363. The number of hydrogen-bond donors (Lipinski definition) is 0. The molecule has 0 saturated carbocycles. The van der Waals surface area contributed by atoms with Crippen LogP contribution in [0.4, 0.5) is 0 Å². The monoisotopic (exact) mass is 248 g/mol. The Labute approximate surface area is 83.6 Å². The van der Waals surface area contributed by atoms with Crippen LogP contribution in [0.3, 0.4) is 0 Å².